The number of carbonyl (C=O) groups excluding carboxylic acids is 1. The SMILES string of the molecule is COc1cc(C)c(C)cc1S(=O)(=O)N1CCN(C(=O)c2ccc(F)c(F)c2F)CC1. The zero-order valence-corrected chi connectivity index (χ0v) is 17.5. The van der Waals surface area contributed by atoms with E-state index in [9.17, 15) is 26.4 Å². The summed E-state index contributed by atoms with van der Waals surface area (Å²) < 4.78 is 73.1. The average molecular weight is 442 g/mol. The Morgan fingerprint density at radius 3 is 2.17 bits per heavy atom. The zero-order valence-electron chi connectivity index (χ0n) is 16.7. The molecule has 1 amide bonds. The van der Waals surface area contributed by atoms with Crippen LogP contribution in [0.5, 0.6) is 5.75 Å². The van der Waals surface area contributed by atoms with Gasteiger partial charge in [-0.1, -0.05) is 0 Å². The minimum absolute atomic E-state index is 0.0241. The van der Waals surface area contributed by atoms with E-state index in [0.717, 1.165) is 17.2 Å². The fraction of sp³-hybridized carbons (Fsp3) is 0.350. The van der Waals surface area contributed by atoms with Crippen LogP contribution in [0.3, 0.4) is 0 Å². The highest BCUT2D eigenvalue weighted by atomic mass is 32.2. The minimum Gasteiger partial charge on any atom is -0.495 e. The Morgan fingerprint density at radius 1 is 0.967 bits per heavy atom. The molecule has 1 aliphatic heterocycles. The van der Waals surface area contributed by atoms with Crippen molar-refractivity contribution in [2.75, 3.05) is 33.3 Å². The first-order chi connectivity index (χ1) is 14.1. The number of hydrogen-bond donors (Lipinski definition) is 0. The lowest BCUT2D eigenvalue weighted by Gasteiger charge is -2.34. The molecule has 0 radical (unpaired) electrons. The Bertz CT molecular complexity index is 1100. The molecule has 10 heteroatoms. The fourth-order valence-electron chi connectivity index (χ4n) is 3.26. The number of rotatable bonds is 4. The summed E-state index contributed by atoms with van der Waals surface area (Å²) in [4.78, 5) is 13.7. The van der Waals surface area contributed by atoms with Crippen LogP contribution in [0.4, 0.5) is 13.2 Å². The minimum atomic E-state index is -3.89. The Morgan fingerprint density at radius 2 is 1.57 bits per heavy atom. The van der Waals surface area contributed by atoms with Crippen LogP contribution in [-0.2, 0) is 10.0 Å². The van der Waals surface area contributed by atoms with Crippen molar-refractivity contribution < 1.29 is 31.1 Å². The normalized spacial score (nSPS) is 15.3. The van der Waals surface area contributed by atoms with Crippen LogP contribution in [-0.4, -0.2) is 56.8 Å². The van der Waals surface area contributed by atoms with Crippen LogP contribution in [0.25, 0.3) is 0 Å². The molecule has 1 fully saturated rings. The quantitative estimate of drug-likeness (QED) is 0.683. The van der Waals surface area contributed by atoms with Gasteiger partial charge in [-0.25, -0.2) is 21.6 Å². The number of piperazine rings is 1. The van der Waals surface area contributed by atoms with Gasteiger partial charge in [-0.2, -0.15) is 4.31 Å². The molecule has 0 bridgehead atoms. The van der Waals surface area contributed by atoms with Gasteiger partial charge in [0.15, 0.2) is 17.5 Å². The third kappa shape index (κ3) is 3.89. The first kappa shape index (κ1) is 22.1. The van der Waals surface area contributed by atoms with E-state index in [0.29, 0.717) is 6.07 Å². The summed E-state index contributed by atoms with van der Waals surface area (Å²) in [7, 11) is -2.51. The van der Waals surface area contributed by atoms with E-state index in [1.807, 2.05) is 6.92 Å². The van der Waals surface area contributed by atoms with Crippen LogP contribution in [0.15, 0.2) is 29.2 Å². The summed E-state index contributed by atoms with van der Waals surface area (Å²) in [5.74, 6) is -5.27. The first-order valence-corrected chi connectivity index (χ1v) is 10.6. The first-order valence-electron chi connectivity index (χ1n) is 9.16. The number of sulfonamides is 1. The molecule has 2 aromatic carbocycles. The van der Waals surface area contributed by atoms with Crippen molar-refractivity contribution in [3.63, 3.8) is 0 Å². The van der Waals surface area contributed by atoms with Crippen molar-refractivity contribution in [1.29, 1.82) is 0 Å². The molecule has 3 rings (SSSR count). The van der Waals surface area contributed by atoms with Gasteiger partial charge in [0.25, 0.3) is 5.91 Å². The van der Waals surface area contributed by atoms with Crippen molar-refractivity contribution in [2.24, 2.45) is 0 Å². The van der Waals surface area contributed by atoms with Crippen LogP contribution in [0, 0.1) is 31.3 Å². The number of nitrogens with zero attached hydrogens (tertiary/aromatic N) is 2. The molecule has 2 aromatic rings. The summed E-state index contributed by atoms with van der Waals surface area (Å²) in [5, 5.41) is 0. The van der Waals surface area contributed by atoms with Crippen LogP contribution in [0.2, 0.25) is 0 Å². The number of halogens is 3. The van der Waals surface area contributed by atoms with Crippen molar-refractivity contribution in [1.82, 2.24) is 9.21 Å². The molecule has 0 aliphatic carbocycles. The maximum absolute atomic E-state index is 13.9. The number of aryl methyl sites for hydroxylation is 2. The third-order valence-electron chi connectivity index (χ3n) is 5.19. The second-order valence-electron chi connectivity index (χ2n) is 7.01. The largest absolute Gasteiger partial charge is 0.495 e. The highest BCUT2D eigenvalue weighted by Crippen LogP contribution is 2.30. The smallest absolute Gasteiger partial charge is 0.257 e. The van der Waals surface area contributed by atoms with Crippen LogP contribution >= 0.6 is 0 Å². The molecular weight excluding hydrogens is 421 g/mol. The summed E-state index contributed by atoms with van der Waals surface area (Å²) >= 11 is 0. The molecule has 1 heterocycles. The Kier molecular flexibility index (Phi) is 6.09. The number of benzene rings is 2. The van der Waals surface area contributed by atoms with E-state index in [1.54, 1.807) is 13.0 Å². The molecule has 0 aromatic heterocycles. The summed E-state index contributed by atoms with van der Waals surface area (Å²) in [6.45, 7) is 3.52. The summed E-state index contributed by atoms with van der Waals surface area (Å²) in [5.41, 5.74) is 1.08. The lowest BCUT2D eigenvalue weighted by Crippen LogP contribution is -2.50. The molecule has 0 N–H and O–H groups in total. The molecule has 1 saturated heterocycles. The number of ether oxygens (including phenoxy) is 1. The van der Waals surface area contributed by atoms with Gasteiger partial charge in [-0.05, 0) is 49.2 Å². The molecule has 0 saturated carbocycles. The van der Waals surface area contributed by atoms with Gasteiger partial charge in [0.2, 0.25) is 10.0 Å². The molecular formula is C20H21F3N2O4S. The van der Waals surface area contributed by atoms with Gasteiger partial charge in [0.05, 0.1) is 12.7 Å². The van der Waals surface area contributed by atoms with Crippen molar-refractivity contribution in [2.45, 2.75) is 18.7 Å². The average Bonchev–Trinajstić information content (AvgIpc) is 2.73. The molecule has 1 aliphatic rings. The monoisotopic (exact) mass is 442 g/mol. The van der Waals surface area contributed by atoms with Gasteiger partial charge in [0, 0.05) is 26.2 Å². The lowest BCUT2D eigenvalue weighted by molar-refractivity contribution is 0.0691. The second kappa shape index (κ2) is 8.27. The summed E-state index contributed by atoms with van der Waals surface area (Å²) in [6, 6.07) is 4.74. The highest BCUT2D eigenvalue weighted by Gasteiger charge is 2.33. The van der Waals surface area contributed by atoms with Crippen LogP contribution in [0.1, 0.15) is 21.5 Å². The van der Waals surface area contributed by atoms with E-state index in [1.165, 1.54) is 22.4 Å². The lowest BCUT2D eigenvalue weighted by atomic mass is 10.1. The molecule has 30 heavy (non-hydrogen) atoms. The van der Waals surface area contributed by atoms with E-state index >= 15 is 0 Å². The molecule has 0 atom stereocenters. The number of carbonyl (C=O) groups is 1. The van der Waals surface area contributed by atoms with Crippen LogP contribution < -0.4 is 4.74 Å². The molecule has 162 valence electrons. The van der Waals surface area contributed by atoms with Gasteiger partial charge in [-0.3, -0.25) is 4.79 Å². The van der Waals surface area contributed by atoms with Crippen molar-refractivity contribution in [3.8, 4) is 5.75 Å². The topological polar surface area (TPSA) is 66.9 Å². The number of hydrogen-bond acceptors (Lipinski definition) is 4. The second-order valence-corrected chi connectivity index (χ2v) is 8.91. The molecule has 6 nitrogen and oxygen atoms in total. The van der Waals surface area contributed by atoms with Gasteiger partial charge in [0.1, 0.15) is 10.6 Å². The highest BCUT2D eigenvalue weighted by molar-refractivity contribution is 7.89. The predicted molar refractivity (Wildman–Crippen MR) is 103 cm³/mol. The van der Waals surface area contributed by atoms with E-state index in [-0.39, 0.29) is 36.8 Å². The number of methoxy groups -OCH3 is 1. The summed E-state index contributed by atoms with van der Waals surface area (Å²) in [6.07, 6.45) is 0. The van der Waals surface area contributed by atoms with E-state index in [2.05, 4.69) is 0 Å². The Hall–Kier alpha value is -2.59. The van der Waals surface area contributed by atoms with E-state index < -0.39 is 38.9 Å². The predicted octanol–water partition coefficient (Wildman–Crippen LogP) is 2.88. The van der Waals surface area contributed by atoms with E-state index in [4.69, 9.17) is 4.74 Å². The fourth-order valence-corrected chi connectivity index (χ4v) is 4.90. The Labute approximate surface area is 172 Å². The van der Waals surface area contributed by atoms with Gasteiger partial charge < -0.3 is 9.64 Å². The standard InChI is InChI=1S/C20H21F3N2O4S/c1-12-10-16(29-3)17(11-13(12)2)30(27,28)25-8-6-24(7-9-25)20(26)14-4-5-15(21)19(23)18(14)22/h4-5,10-11H,6-9H2,1-3H3. The zero-order chi connectivity index (χ0) is 22.2. The maximum Gasteiger partial charge on any atom is 0.257 e. The maximum atomic E-state index is 13.9. The molecule has 0 spiro atoms. The number of amides is 1. The van der Waals surface area contributed by atoms with Crippen molar-refractivity contribution in [3.05, 3.63) is 58.4 Å². The van der Waals surface area contributed by atoms with Gasteiger partial charge >= 0.3 is 0 Å². The molecule has 0 unspecified atom stereocenters. The third-order valence-corrected chi connectivity index (χ3v) is 7.11. The van der Waals surface area contributed by atoms with Gasteiger partial charge in [-0.15, -0.1) is 0 Å². The Balaban J connectivity index is 1.79. The van der Waals surface area contributed by atoms with Crippen molar-refractivity contribution >= 4 is 15.9 Å².